The van der Waals surface area contributed by atoms with Crippen LogP contribution in [0.3, 0.4) is 0 Å². The average molecular weight is 172 g/mol. The number of hydrogen-bond donors (Lipinski definition) is 1. The van der Waals surface area contributed by atoms with Gasteiger partial charge < -0.3 is 5.11 Å². The third-order valence-electron chi connectivity index (χ3n) is 1.57. The van der Waals surface area contributed by atoms with Gasteiger partial charge in [0.05, 0.1) is 6.10 Å². The molecular weight excluding hydrogens is 160 g/mol. The number of benzene rings is 1. The van der Waals surface area contributed by atoms with Gasteiger partial charge in [0, 0.05) is 0 Å². The molecule has 0 amide bonds. The van der Waals surface area contributed by atoms with Gasteiger partial charge in [-0.15, -0.1) is 5.73 Å². The molecule has 1 atom stereocenters. The van der Waals surface area contributed by atoms with Gasteiger partial charge in [-0.05, 0) is 11.6 Å². The molecule has 1 aromatic carbocycles. The van der Waals surface area contributed by atoms with Crippen LogP contribution < -0.4 is 0 Å². The van der Waals surface area contributed by atoms with Crippen LogP contribution in [0.5, 0.6) is 0 Å². The van der Waals surface area contributed by atoms with E-state index in [4.69, 9.17) is 0 Å². The molecule has 0 heterocycles. The lowest BCUT2D eigenvalue weighted by molar-refractivity contribution is 0.272. The molecule has 0 bridgehead atoms. The van der Waals surface area contributed by atoms with E-state index in [0.29, 0.717) is 0 Å². The molecule has 1 rings (SSSR count). The lowest BCUT2D eigenvalue weighted by Crippen LogP contribution is -1.94. The molecule has 0 spiro atoms. The van der Waals surface area contributed by atoms with Gasteiger partial charge in [-0.2, -0.15) is 0 Å². The second-order valence-corrected chi connectivity index (χ2v) is 2.63. The molecular formula is C12H12O. The summed E-state index contributed by atoms with van der Waals surface area (Å²) in [4.78, 5) is 0. The monoisotopic (exact) mass is 172 g/mol. The third-order valence-corrected chi connectivity index (χ3v) is 1.57. The molecule has 13 heavy (non-hydrogen) atoms. The van der Waals surface area contributed by atoms with E-state index in [9.17, 15) is 5.11 Å². The molecule has 1 N–H and O–H groups in total. The highest BCUT2D eigenvalue weighted by Crippen LogP contribution is 2.02. The zero-order valence-electron chi connectivity index (χ0n) is 7.35. The Bertz CT molecular complexity index is 318. The summed E-state index contributed by atoms with van der Waals surface area (Å²) in [6.45, 7) is 3.38. The summed E-state index contributed by atoms with van der Waals surface area (Å²) in [5.74, 6) is 0. The normalized spacial score (nSPS) is 12.4. The van der Waals surface area contributed by atoms with Crippen LogP contribution in [0, 0.1) is 0 Å². The molecule has 0 aromatic heterocycles. The summed E-state index contributed by atoms with van der Waals surface area (Å²) < 4.78 is 0. The molecule has 0 unspecified atom stereocenters. The van der Waals surface area contributed by atoms with Crippen molar-refractivity contribution in [3.63, 3.8) is 0 Å². The van der Waals surface area contributed by atoms with E-state index in [2.05, 4.69) is 12.3 Å². The van der Waals surface area contributed by atoms with Gasteiger partial charge in [-0.3, -0.25) is 0 Å². The third kappa shape index (κ3) is 3.57. The first-order valence-corrected chi connectivity index (χ1v) is 4.10. The molecule has 1 nitrogen and oxygen atoms in total. The van der Waals surface area contributed by atoms with Crippen molar-refractivity contribution in [3.8, 4) is 0 Å². The Kier molecular flexibility index (Phi) is 3.77. The first kappa shape index (κ1) is 9.53. The van der Waals surface area contributed by atoms with E-state index in [1.165, 1.54) is 6.08 Å². The molecule has 0 radical (unpaired) electrons. The van der Waals surface area contributed by atoms with E-state index in [1.807, 2.05) is 36.4 Å². The van der Waals surface area contributed by atoms with Gasteiger partial charge in [-0.1, -0.05) is 49.1 Å². The summed E-state index contributed by atoms with van der Waals surface area (Å²) in [6, 6.07) is 9.81. The van der Waals surface area contributed by atoms with Crippen LogP contribution in [-0.4, -0.2) is 11.2 Å². The highest BCUT2D eigenvalue weighted by Gasteiger charge is 1.89. The van der Waals surface area contributed by atoms with Crippen LogP contribution in [-0.2, 0) is 0 Å². The molecule has 1 aromatic rings. The molecule has 0 aliphatic carbocycles. The van der Waals surface area contributed by atoms with Crippen LogP contribution >= 0.6 is 0 Å². The van der Waals surface area contributed by atoms with Crippen molar-refractivity contribution in [1.29, 1.82) is 0 Å². The van der Waals surface area contributed by atoms with Crippen molar-refractivity contribution in [2.24, 2.45) is 0 Å². The summed E-state index contributed by atoms with van der Waals surface area (Å²) in [7, 11) is 0. The standard InChI is InChI=1S/C12H12O/c1-2-6-12(13)10-9-11-7-4-3-5-8-11/h3-10,12-13H,1H2/b10-9+/t12-/m1/s1. The quantitative estimate of drug-likeness (QED) is 0.694. The predicted octanol–water partition coefficient (Wildman–Crippen LogP) is 2.40. The maximum Gasteiger partial charge on any atom is 0.0979 e. The Morgan fingerprint density at radius 1 is 1.31 bits per heavy atom. The van der Waals surface area contributed by atoms with Gasteiger partial charge in [0.25, 0.3) is 0 Å². The van der Waals surface area contributed by atoms with Crippen molar-refractivity contribution in [1.82, 2.24) is 0 Å². The average Bonchev–Trinajstić information content (AvgIpc) is 2.17. The highest BCUT2D eigenvalue weighted by molar-refractivity contribution is 5.49. The number of aliphatic hydroxyl groups excluding tert-OH is 1. The number of aliphatic hydroxyl groups is 1. The van der Waals surface area contributed by atoms with Crippen LogP contribution in [0.2, 0.25) is 0 Å². The minimum absolute atomic E-state index is 0.599. The fourth-order valence-electron chi connectivity index (χ4n) is 0.950. The van der Waals surface area contributed by atoms with E-state index in [1.54, 1.807) is 6.08 Å². The first-order valence-electron chi connectivity index (χ1n) is 4.10. The largest absolute Gasteiger partial charge is 0.384 e. The fourth-order valence-corrected chi connectivity index (χ4v) is 0.950. The van der Waals surface area contributed by atoms with Gasteiger partial charge in [0.2, 0.25) is 0 Å². The highest BCUT2D eigenvalue weighted by atomic mass is 16.3. The maximum absolute atomic E-state index is 9.27. The first-order chi connectivity index (χ1) is 6.33. The zero-order valence-corrected chi connectivity index (χ0v) is 7.35. The minimum atomic E-state index is -0.599. The molecule has 0 saturated heterocycles. The maximum atomic E-state index is 9.27. The number of rotatable bonds is 3. The van der Waals surface area contributed by atoms with Crippen molar-refractivity contribution in [2.45, 2.75) is 6.10 Å². The van der Waals surface area contributed by atoms with Crippen LogP contribution in [0.15, 0.2) is 54.8 Å². The van der Waals surface area contributed by atoms with Gasteiger partial charge in [-0.25, -0.2) is 0 Å². The van der Waals surface area contributed by atoms with Crippen LogP contribution in [0.1, 0.15) is 5.56 Å². The second kappa shape index (κ2) is 5.15. The van der Waals surface area contributed by atoms with Crippen LogP contribution in [0.4, 0.5) is 0 Å². The van der Waals surface area contributed by atoms with Gasteiger partial charge in [0.15, 0.2) is 0 Å². The smallest absolute Gasteiger partial charge is 0.0979 e. The Balaban J connectivity index is 2.63. The lowest BCUT2D eigenvalue weighted by atomic mass is 10.2. The molecule has 0 saturated carbocycles. The second-order valence-electron chi connectivity index (χ2n) is 2.63. The predicted molar refractivity (Wildman–Crippen MR) is 55.2 cm³/mol. The van der Waals surface area contributed by atoms with Crippen molar-refractivity contribution in [2.75, 3.05) is 0 Å². The van der Waals surface area contributed by atoms with E-state index >= 15 is 0 Å². The Hall–Kier alpha value is -1.56. The summed E-state index contributed by atoms with van der Waals surface area (Å²) in [5.41, 5.74) is 3.60. The summed E-state index contributed by atoms with van der Waals surface area (Å²) >= 11 is 0. The Morgan fingerprint density at radius 2 is 2.00 bits per heavy atom. The molecule has 0 aliphatic heterocycles. The van der Waals surface area contributed by atoms with Crippen molar-refractivity contribution in [3.05, 3.63) is 60.4 Å². The molecule has 66 valence electrons. The summed E-state index contributed by atoms with van der Waals surface area (Å²) in [6.07, 6.45) is 4.45. The Morgan fingerprint density at radius 3 is 2.62 bits per heavy atom. The zero-order chi connectivity index (χ0) is 9.52. The summed E-state index contributed by atoms with van der Waals surface area (Å²) in [5, 5.41) is 9.27. The molecule has 0 aliphatic rings. The SMILES string of the molecule is C=C=C[C@@H](O)/C=C/c1ccccc1. The van der Waals surface area contributed by atoms with Crippen molar-refractivity contribution < 1.29 is 5.11 Å². The van der Waals surface area contributed by atoms with E-state index in [-0.39, 0.29) is 0 Å². The Labute approximate surface area is 78.3 Å². The van der Waals surface area contributed by atoms with Gasteiger partial charge >= 0.3 is 0 Å². The van der Waals surface area contributed by atoms with E-state index < -0.39 is 6.10 Å². The fraction of sp³-hybridized carbons (Fsp3) is 0.0833. The minimum Gasteiger partial charge on any atom is -0.384 e. The van der Waals surface area contributed by atoms with Gasteiger partial charge in [0.1, 0.15) is 0 Å². The number of hydrogen-bond acceptors (Lipinski definition) is 1. The lowest BCUT2D eigenvalue weighted by Gasteiger charge is -1.95. The van der Waals surface area contributed by atoms with Crippen LogP contribution in [0.25, 0.3) is 6.08 Å². The van der Waals surface area contributed by atoms with E-state index in [0.717, 1.165) is 5.56 Å². The topological polar surface area (TPSA) is 20.2 Å². The molecule has 0 fully saturated rings. The van der Waals surface area contributed by atoms with Crippen molar-refractivity contribution >= 4 is 6.08 Å². The molecule has 1 heteroatoms.